The van der Waals surface area contributed by atoms with Crippen LogP contribution in [0.2, 0.25) is 0 Å². The Morgan fingerprint density at radius 3 is 2.74 bits per heavy atom. The van der Waals surface area contributed by atoms with Gasteiger partial charge in [0.15, 0.2) is 0 Å². The van der Waals surface area contributed by atoms with Crippen molar-refractivity contribution in [2.45, 2.75) is 39.2 Å². The van der Waals surface area contributed by atoms with Crippen LogP contribution in [0.25, 0.3) is 0 Å². The quantitative estimate of drug-likeness (QED) is 0.798. The number of ether oxygens (including phenoxy) is 1. The van der Waals surface area contributed by atoms with Crippen molar-refractivity contribution in [3.63, 3.8) is 0 Å². The number of methoxy groups -OCH3 is 1. The molecule has 0 aliphatic heterocycles. The van der Waals surface area contributed by atoms with Crippen LogP contribution in [0.5, 0.6) is 0 Å². The zero-order valence-corrected chi connectivity index (χ0v) is 11.5. The zero-order valence-electron chi connectivity index (χ0n) is 11.5. The number of nitrogens with zero attached hydrogens (tertiary/aromatic N) is 2. The van der Waals surface area contributed by atoms with Crippen LogP contribution in [0.1, 0.15) is 37.4 Å². The molecule has 19 heavy (non-hydrogen) atoms. The Balaban J connectivity index is 3.09. The van der Waals surface area contributed by atoms with Gasteiger partial charge in [0.2, 0.25) is 0 Å². The monoisotopic (exact) mass is 268 g/mol. The highest BCUT2D eigenvalue weighted by molar-refractivity contribution is 5.67. The molecule has 0 saturated heterocycles. The van der Waals surface area contributed by atoms with Crippen LogP contribution < -0.4 is 5.56 Å². The van der Waals surface area contributed by atoms with Crippen LogP contribution in [-0.2, 0) is 22.5 Å². The highest BCUT2D eigenvalue weighted by atomic mass is 16.5. The maximum atomic E-state index is 12.1. The van der Waals surface area contributed by atoms with Gasteiger partial charge in [0, 0.05) is 19.1 Å². The lowest BCUT2D eigenvalue weighted by molar-refractivity contribution is -0.136. The SMILES string of the molecule is COCCn1nc(C(C)C)cc(CCC(=O)O)c1=O. The number of rotatable bonds is 7. The van der Waals surface area contributed by atoms with Gasteiger partial charge in [0.25, 0.3) is 5.56 Å². The molecule has 0 atom stereocenters. The second kappa shape index (κ2) is 7.04. The van der Waals surface area contributed by atoms with Crippen LogP contribution in [0, 0.1) is 0 Å². The Bertz CT molecular complexity index is 494. The molecule has 0 unspecified atom stereocenters. The lowest BCUT2D eigenvalue weighted by atomic mass is 10.1. The highest BCUT2D eigenvalue weighted by Crippen LogP contribution is 2.11. The summed E-state index contributed by atoms with van der Waals surface area (Å²) in [4.78, 5) is 22.7. The van der Waals surface area contributed by atoms with E-state index in [0.29, 0.717) is 18.7 Å². The number of aryl methyl sites for hydroxylation is 1. The Labute approximate surface area is 112 Å². The zero-order chi connectivity index (χ0) is 14.4. The van der Waals surface area contributed by atoms with Crippen LogP contribution in [0.4, 0.5) is 0 Å². The van der Waals surface area contributed by atoms with E-state index in [9.17, 15) is 9.59 Å². The first kappa shape index (κ1) is 15.4. The van der Waals surface area contributed by atoms with Crippen molar-refractivity contribution in [1.82, 2.24) is 9.78 Å². The molecule has 0 fully saturated rings. The lowest BCUT2D eigenvalue weighted by Crippen LogP contribution is -2.29. The molecule has 0 aliphatic rings. The largest absolute Gasteiger partial charge is 0.481 e. The van der Waals surface area contributed by atoms with Crippen molar-refractivity contribution >= 4 is 5.97 Å². The maximum absolute atomic E-state index is 12.1. The van der Waals surface area contributed by atoms with Gasteiger partial charge in [-0.1, -0.05) is 13.8 Å². The number of hydrogen-bond acceptors (Lipinski definition) is 4. The molecule has 1 heterocycles. The fourth-order valence-corrected chi connectivity index (χ4v) is 1.65. The van der Waals surface area contributed by atoms with Crippen molar-refractivity contribution < 1.29 is 14.6 Å². The molecule has 1 N–H and O–H groups in total. The van der Waals surface area contributed by atoms with Crippen LogP contribution >= 0.6 is 0 Å². The van der Waals surface area contributed by atoms with Crippen LogP contribution in [0.15, 0.2) is 10.9 Å². The fraction of sp³-hybridized carbons (Fsp3) is 0.615. The van der Waals surface area contributed by atoms with Crippen molar-refractivity contribution in [3.05, 3.63) is 27.7 Å². The van der Waals surface area contributed by atoms with Gasteiger partial charge in [0.05, 0.1) is 18.8 Å². The lowest BCUT2D eigenvalue weighted by Gasteiger charge is -2.11. The molecular formula is C13H20N2O4. The van der Waals surface area contributed by atoms with E-state index in [4.69, 9.17) is 9.84 Å². The Morgan fingerprint density at radius 1 is 1.53 bits per heavy atom. The van der Waals surface area contributed by atoms with E-state index in [1.165, 1.54) is 4.68 Å². The van der Waals surface area contributed by atoms with E-state index in [-0.39, 0.29) is 24.3 Å². The summed E-state index contributed by atoms with van der Waals surface area (Å²) >= 11 is 0. The summed E-state index contributed by atoms with van der Waals surface area (Å²) in [6.45, 7) is 4.73. The first-order valence-electron chi connectivity index (χ1n) is 6.27. The minimum atomic E-state index is -0.911. The van der Waals surface area contributed by atoms with Crippen molar-refractivity contribution in [3.8, 4) is 0 Å². The molecule has 6 heteroatoms. The Morgan fingerprint density at radius 2 is 2.21 bits per heavy atom. The first-order chi connectivity index (χ1) is 8.95. The minimum absolute atomic E-state index is 0.0545. The summed E-state index contributed by atoms with van der Waals surface area (Å²) in [5.74, 6) is -0.733. The number of aromatic nitrogens is 2. The summed E-state index contributed by atoms with van der Waals surface area (Å²) in [5, 5.41) is 13.0. The number of carboxylic acids is 1. The van der Waals surface area contributed by atoms with Crippen molar-refractivity contribution in [2.75, 3.05) is 13.7 Å². The maximum Gasteiger partial charge on any atom is 0.303 e. The average molecular weight is 268 g/mol. The van der Waals surface area contributed by atoms with Gasteiger partial charge in [-0.3, -0.25) is 9.59 Å². The van der Waals surface area contributed by atoms with Crippen molar-refractivity contribution in [1.29, 1.82) is 0 Å². The molecule has 0 spiro atoms. The summed E-state index contributed by atoms with van der Waals surface area (Å²) < 4.78 is 6.30. The topological polar surface area (TPSA) is 81.4 Å². The van der Waals surface area contributed by atoms with E-state index >= 15 is 0 Å². The molecule has 1 rings (SSSR count). The van der Waals surface area contributed by atoms with E-state index in [1.54, 1.807) is 13.2 Å². The molecule has 0 amide bonds. The molecule has 1 aromatic heterocycles. The third-order valence-corrected chi connectivity index (χ3v) is 2.77. The molecule has 106 valence electrons. The normalized spacial score (nSPS) is 10.9. The fourth-order valence-electron chi connectivity index (χ4n) is 1.65. The summed E-state index contributed by atoms with van der Waals surface area (Å²) in [7, 11) is 1.56. The van der Waals surface area contributed by atoms with Crippen LogP contribution in [-0.4, -0.2) is 34.6 Å². The Kier molecular flexibility index (Phi) is 5.69. The van der Waals surface area contributed by atoms with Gasteiger partial charge < -0.3 is 9.84 Å². The standard InChI is InChI=1S/C13H20N2O4/c1-9(2)11-8-10(4-5-12(16)17)13(18)15(14-11)6-7-19-3/h8-9H,4-7H2,1-3H3,(H,16,17). The first-order valence-corrected chi connectivity index (χ1v) is 6.27. The van der Waals surface area contributed by atoms with E-state index in [1.807, 2.05) is 13.8 Å². The predicted molar refractivity (Wildman–Crippen MR) is 70.4 cm³/mol. The van der Waals surface area contributed by atoms with Gasteiger partial charge in [-0.05, 0) is 18.4 Å². The second-order valence-corrected chi connectivity index (χ2v) is 4.66. The molecule has 0 aromatic carbocycles. The average Bonchev–Trinajstić information content (AvgIpc) is 2.35. The molecule has 0 radical (unpaired) electrons. The summed E-state index contributed by atoms with van der Waals surface area (Å²) in [6.07, 6.45) is 0.171. The molecule has 1 aromatic rings. The van der Waals surface area contributed by atoms with Gasteiger partial charge in [0.1, 0.15) is 0 Å². The molecular weight excluding hydrogens is 248 g/mol. The number of carbonyl (C=O) groups is 1. The highest BCUT2D eigenvalue weighted by Gasteiger charge is 2.12. The van der Waals surface area contributed by atoms with E-state index in [0.717, 1.165) is 5.69 Å². The third kappa shape index (κ3) is 4.48. The van der Waals surface area contributed by atoms with E-state index < -0.39 is 5.97 Å². The second-order valence-electron chi connectivity index (χ2n) is 4.66. The molecule has 0 saturated carbocycles. The van der Waals surface area contributed by atoms with Gasteiger partial charge in [-0.2, -0.15) is 5.10 Å². The number of carboxylic acid groups (broad SMARTS) is 1. The van der Waals surface area contributed by atoms with Crippen molar-refractivity contribution in [2.24, 2.45) is 0 Å². The smallest absolute Gasteiger partial charge is 0.303 e. The molecule has 0 bridgehead atoms. The Hall–Kier alpha value is -1.69. The van der Waals surface area contributed by atoms with Crippen LogP contribution in [0.3, 0.4) is 0 Å². The van der Waals surface area contributed by atoms with Gasteiger partial charge >= 0.3 is 5.97 Å². The minimum Gasteiger partial charge on any atom is -0.481 e. The number of aliphatic carboxylic acids is 1. The van der Waals surface area contributed by atoms with Gasteiger partial charge in [-0.25, -0.2) is 4.68 Å². The summed E-state index contributed by atoms with van der Waals surface area (Å²) in [5.41, 5.74) is 1.05. The third-order valence-electron chi connectivity index (χ3n) is 2.77. The number of hydrogen-bond donors (Lipinski definition) is 1. The predicted octanol–water partition coefficient (Wildman–Crippen LogP) is 1.03. The van der Waals surface area contributed by atoms with E-state index in [2.05, 4.69) is 5.10 Å². The summed E-state index contributed by atoms with van der Waals surface area (Å²) in [6, 6.07) is 1.71. The molecule has 6 nitrogen and oxygen atoms in total. The van der Waals surface area contributed by atoms with Gasteiger partial charge in [-0.15, -0.1) is 0 Å². The molecule has 0 aliphatic carbocycles.